The van der Waals surface area contributed by atoms with Gasteiger partial charge in [0, 0.05) is 12.3 Å². The van der Waals surface area contributed by atoms with Crippen molar-refractivity contribution in [3.63, 3.8) is 0 Å². The van der Waals surface area contributed by atoms with Crippen molar-refractivity contribution in [3.8, 4) is 0 Å². The van der Waals surface area contributed by atoms with Gasteiger partial charge in [-0.3, -0.25) is 19.4 Å². The van der Waals surface area contributed by atoms with Crippen molar-refractivity contribution < 1.29 is 13.6 Å². The lowest BCUT2D eigenvalue weighted by molar-refractivity contribution is -0.116. The summed E-state index contributed by atoms with van der Waals surface area (Å²) in [6.45, 7) is 0. The number of benzene rings is 1. The third kappa shape index (κ3) is 2.35. The molecule has 1 aromatic heterocycles. The molecule has 2 aliphatic rings. The molecule has 5 nitrogen and oxygen atoms in total. The first-order valence-electron chi connectivity index (χ1n) is 8.14. The lowest BCUT2D eigenvalue weighted by atomic mass is 9.87. The minimum atomic E-state index is -0.980. The Kier molecular flexibility index (Phi) is 3.51. The molecule has 24 heavy (non-hydrogen) atoms. The molecule has 2 N–H and O–H groups in total. The zero-order valence-electron chi connectivity index (χ0n) is 12.9. The number of aromatic nitrogens is 2. The van der Waals surface area contributed by atoms with Crippen molar-refractivity contribution in [2.24, 2.45) is 0 Å². The van der Waals surface area contributed by atoms with Crippen LogP contribution in [0, 0.1) is 11.6 Å². The van der Waals surface area contributed by atoms with Crippen molar-refractivity contribution in [1.82, 2.24) is 9.78 Å². The molecule has 126 valence electrons. The summed E-state index contributed by atoms with van der Waals surface area (Å²) in [5, 5.41) is 5.60. The highest BCUT2D eigenvalue weighted by atomic mass is 19.2. The minimum absolute atomic E-state index is 0.0375. The number of H-pyrrole nitrogens is 1. The van der Waals surface area contributed by atoms with Crippen LogP contribution in [-0.2, 0) is 4.79 Å². The van der Waals surface area contributed by atoms with Crippen LogP contribution in [0.3, 0.4) is 0 Å². The second-order valence-electron chi connectivity index (χ2n) is 6.49. The number of aromatic amines is 1. The summed E-state index contributed by atoms with van der Waals surface area (Å²) in [6, 6.07) is 3.68. The summed E-state index contributed by atoms with van der Waals surface area (Å²) in [4.78, 5) is 24.6. The Balaban J connectivity index is 1.83. The highest BCUT2D eigenvalue weighted by Crippen LogP contribution is 2.39. The van der Waals surface area contributed by atoms with Crippen molar-refractivity contribution in [1.29, 1.82) is 0 Å². The average molecular weight is 333 g/mol. The molecule has 1 unspecified atom stereocenters. The molecule has 1 amide bonds. The topological polar surface area (TPSA) is 66.9 Å². The normalized spacial score (nSPS) is 20.9. The van der Waals surface area contributed by atoms with Crippen LogP contribution in [0.4, 0.5) is 14.6 Å². The van der Waals surface area contributed by atoms with Crippen LogP contribution in [0.15, 0.2) is 23.0 Å². The van der Waals surface area contributed by atoms with Gasteiger partial charge in [0.25, 0.3) is 5.56 Å². The van der Waals surface area contributed by atoms with Crippen molar-refractivity contribution in [2.75, 3.05) is 5.32 Å². The quantitative estimate of drug-likeness (QED) is 0.887. The Bertz CT molecular complexity index is 865. The van der Waals surface area contributed by atoms with E-state index in [0.717, 1.165) is 37.8 Å². The van der Waals surface area contributed by atoms with Crippen molar-refractivity contribution in [3.05, 3.63) is 51.3 Å². The lowest BCUT2D eigenvalue weighted by Crippen LogP contribution is -2.27. The van der Waals surface area contributed by atoms with Crippen LogP contribution in [-0.4, -0.2) is 15.7 Å². The minimum Gasteiger partial charge on any atom is -0.311 e. The van der Waals surface area contributed by atoms with Gasteiger partial charge in [-0.1, -0.05) is 18.9 Å². The second-order valence-corrected chi connectivity index (χ2v) is 6.49. The lowest BCUT2D eigenvalue weighted by Gasteiger charge is -2.25. The summed E-state index contributed by atoms with van der Waals surface area (Å²) in [7, 11) is 0. The predicted octanol–water partition coefficient (Wildman–Crippen LogP) is 3.04. The Morgan fingerprint density at radius 3 is 2.54 bits per heavy atom. The van der Waals surface area contributed by atoms with E-state index in [1.807, 2.05) is 0 Å². The van der Waals surface area contributed by atoms with E-state index in [2.05, 4.69) is 10.4 Å². The van der Waals surface area contributed by atoms with E-state index >= 15 is 0 Å². The maximum absolute atomic E-state index is 13.6. The first-order chi connectivity index (χ1) is 11.5. The van der Waals surface area contributed by atoms with Gasteiger partial charge in [0.2, 0.25) is 5.91 Å². The van der Waals surface area contributed by atoms with Gasteiger partial charge in [0.1, 0.15) is 5.82 Å². The van der Waals surface area contributed by atoms with Gasteiger partial charge >= 0.3 is 0 Å². The molecule has 0 spiro atoms. The number of rotatable bonds is 2. The maximum Gasteiger partial charge on any atom is 0.270 e. The van der Waals surface area contributed by atoms with Gasteiger partial charge in [0.05, 0.1) is 11.6 Å². The Labute approximate surface area is 136 Å². The molecule has 0 bridgehead atoms. The number of carbonyl (C=O) groups is 1. The van der Waals surface area contributed by atoms with Crippen molar-refractivity contribution in [2.45, 2.75) is 44.1 Å². The van der Waals surface area contributed by atoms with Gasteiger partial charge in [0.15, 0.2) is 11.6 Å². The molecule has 4 rings (SSSR count). The van der Waals surface area contributed by atoms with Crippen LogP contribution in [0.25, 0.3) is 0 Å². The van der Waals surface area contributed by atoms with Crippen LogP contribution in [0.1, 0.15) is 55.2 Å². The molecule has 1 atom stereocenters. The molecule has 1 aliphatic heterocycles. The third-order valence-electron chi connectivity index (χ3n) is 4.99. The van der Waals surface area contributed by atoms with E-state index in [1.165, 1.54) is 6.07 Å². The fourth-order valence-corrected chi connectivity index (χ4v) is 3.83. The molecule has 1 fully saturated rings. The zero-order valence-corrected chi connectivity index (χ0v) is 12.9. The predicted molar refractivity (Wildman–Crippen MR) is 84.0 cm³/mol. The number of halogens is 2. The number of hydrogen-bond acceptors (Lipinski definition) is 2. The summed E-state index contributed by atoms with van der Waals surface area (Å²) < 4.78 is 28.5. The number of hydrogen-bond donors (Lipinski definition) is 2. The standard InChI is InChI=1S/C17H17F2N3O2/c18-12-6-5-9(7-13(12)19)11-8-14(23)20-16-15(11)17(24)21-22(16)10-3-1-2-4-10/h5-7,10-11H,1-4,8H2,(H,20,23)(H,21,24). The summed E-state index contributed by atoms with van der Waals surface area (Å²) in [5.41, 5.74) is 0.568. The molecule has 0 radical (unpaired) electrons. The zero-order chi connectivity index (χ0) is 16.8. The fraction of sp³-hybridized carbons (Fsp3) is 0.412. The van der Waals surface area contributed by atoms with E-state index in [1.54, 1.807) is 4.68 Å². The summed E-state index contributed by atoms with van der Waals surface area (Å²) in [6.07, 6.45) is 4.10. The highest BCUT2D eigenvalue weighted by molar-refractivity contribution is 5.94. The van der Waals surface area contributed by atoms with Crippen LogP contribution >= 0.6 is 0 Å². The molecule has 2 heterocycles. The van der Waals surface area contributed by atoms with Gasteiger partial charge in [-0.25, -0.2) is 8.78 Å². The van der Waals surface area contributed by atoms with Gasteiger partial charge < -0.3 is 5.32 Å². The molecule has 7 heteroatoms. The molecule has 1 aliphatic carbocycles. The number of carbonyl (C=O) groups excluding carboxylic acids is 1. The second kappa shape index (κ2) is 5.58. The van der Waals surface area contributed by atoms with Crippen LogP contribution in [0.2, 0.25) is 0 Å². The van der Waals surface area contributed by atoms with Crippen molar-refractivity contribution >= 4 is 11.7 Å². The number of amides is 1. The largest absolute Gasteiger partial charge is 0.311 e. The first kappa shape index (κ1) is 15.1. The van der Waals surface area contributed by atoms with E-state index in [0.29, 0.717) is 16.9 Å². The number of nitrogens with one attached hydrogen (secondary N) is 2. The monoisotopic (exact) mass is 333 g/mol. The number of nitrogens with zero attached hydrogens (tertiary/aromatic N) is 1. The van der Waals surface area contributed by atoms with E-state index in [9.17, 15) is 18.4 Å². The van der Waals surface area contributed by atoms with Gasteiger partial charge in [-0.15, -0.1) is 0 Å². The number of fused-ring (bicyclic) bond motifs is 1. The van der Waals surface area contributed by atoms with Gasteiger partial charge in [-0.05, 0) is 30.5 Å². The molecular weight excluding hydrogens is 316 g/mol. The van der Waals surface area contributed by atoms with Crippen LogP contribution < -0.4 is 10.9 Å². The summed E-state index contributed by atoms with van der Waals surface area (Å²) >= 11 is 0. The average Bonchev–Trinajstić information content (AvgIpc) is 3.17. The first-order valence-corrected chi connectivity index (χ1v) is 8.14. The van der Waals surface area contributed by atoms with Crippen LogP contribution in [0.5, 0.6) is 0 Å². The fourth-order valence-electron chi connectivity index (χ4n) is 3.83. The smallest absolute Gasteiger partial charge is 0.270 e. The molecule has 1 aromatic carbocycles. The maximum atomic E-state index is 13.6. The Morgan fingerprint density at radius 1 is 1.08 bits per heavy atom. The molecular formula is C17H17F2N3O2. The molecule has 2 aromatic rings. The Hall–Kier alpha value is -2.44. The van der Waals surface area contributed by atoms with Gasteiger partial charge in [-0.2, -0.15) is 0 Å². The number of anilines is 1. The SMILES string of the molecule is O=C1CC(c2ccc(F)c(F)c2)c2c(n(C3CCCC3)[nH]c2=O)N1. The third-order valence-corrected chi connectivity index (χ3v) is 4.99. The molecule has 0 saturated heterocycles. The van der Waals surface area contributed by atoms with E-state index < -0.39 is 17.6 Å². The van der Waals surface area contributed by atoms with E-state index in [4.69, 9.17) is 0 Å². The van der Waals surface area contributed by atoms with E-state index in [-0.39, 0.29) is 23.9 Å². The molecule has 1 saturated carbocycles. The summed E-state index contributed by atoms with van der Waals surface area (Å²) in [5.74, 6) is -2.26. The Morgan fingerprint density at radius 2 is 1.83 bits per heavy atom. The highest BCUT2D eigenvalue weighted by Gasteiger charge is 2.34.